The van der Waals surface area contributed by atoms with E-state index >= 15 is 0 Å². The van der Waals surface area contributed by atoms with E-state index in [9.17, 15) is 10.2 Å². The van der Waals surface area contributed by atoms with E-state index < -0.39 is 6.10 Å². The molecule has 0 heterocycles. The summed E-state index contributed by atoms with van der Waals surface area (Å²) in [5.74, 6) is 0.195. The number of rotatable bonds is 6. The molecule has 0 bridgehead atoms. The van der Waals surface area contributed by atoms with Crippen LogP contribution in [-0.4, -0.2) is 23.3 Å². The minimum atomic E-state index is -0.547. The molecule has 0 aromatic heterocycles. The Bertz CT molecular complexity index is 289. The predicted octanol–water partition coefficient (Wildman–Crippen LogP) is 1.82. The molecule has 3 N–H and O–H groups in total. The van der Waals surface area contributed by atoms with Crippen LogP contribution in [0.15, 0.2) is 24.3 Å². The highest BCUT2D eigenvalue weighted by Gasteiger charge is 2.06. The number of aromatic hydroxyl groups is 1. The first-order chi connectivity index (χ1) is 7.24. The molecule has 0 amide bonds. The van der Waals surface area contributed by atoms with E-state index in [1.807, 2.05) is 6.07 Å². The summed E-state index contributed by atoms with van der Waals surface area (Å²) in [6.07, 6.45) is 1.72. The van der Waals surface area contributed by atoms with E-state index in [0.29, 0.717) is 6.54 Å². The maximum atomic E-state index is 9.77. The summed E-state index contributed by atoms with van der Waals surface area (Å²) in [5.41, 5.74) is 0.749. The molecule has 0 saturated carbocycles. The molecule has 0 aliphatic heterocycles. The van der Waals surface area contributed by atoms with Crippen molar-refractivity contribution in [1.29, 1.82) is 0 Å². The monoisotopic (exact) mass is 209 g/mol. The molecule has 0 saturated heterocycles. The van der Waals surface area contributed by atoms with Gasteiger partial charge in [0.05, 0.1) is 6.10 Å². The van der Waals surface area contributed by atoms with Gasteiger partial charge in [-0.1, -0.05) is 25.5 Å². The molecule has 0 fully saturated rings. The van der Waals surface area contributed by atoms with Gasteiger partial charge in [0.1, 0.15) is 5.75 Å². The highest BCUT2D eigenvalue weighted by molar-refractivity contribution is 5.28. The normalized spacial score (nSPS) is 12.7. The number of nitrogens with one attached hydrogen (secondary N) is 1. The zero-order valence-electron chi connectivity index (χ0n) is 9.11. The number of benzene rings is 1. The second kappa shape index (κ2) is 6.43. The summed E-state index contributed by atoms with van der Waals surface area (Å²) in [7, 11) is 0. The summed E-state index contributed by atoms with van der Waals surface area (Å²) in [4.78, 5) is 0. The summed E-state index contributed by atoms with van der Waals surface area (Å²) >= 11 is 0. The van der Waals surface area contributed by atoms with Gasteiger partial charge in [0.2, 0.25) is 0 Å². The largest absolute Gasteiger partial charge is 0.508 e. The van der Waals surface area contributed by atoms with Gasteiger partial charge in [0.25, 0.3) is 0 Å². The van der Waals surface area contributed by atoms with Crippen LogP contribution in [0.5, 0.6) is 5.75 Å². The number of aliphatic hydroxyl groups excluding tert-OH is 1. The Morgan fingerprint density at radius 1 is 1.40 bits per heavy atom. The van der Waals surface area contributed by atoms with Crippen molar-refractivity contribution in [2.45, 2.75) is 25.9 Å². The SMILES string of the molecule is CCCCNCC(O)c1cccc(O)c1. The Kier molecular flexibility index (Phi) is 5.15. The van der Waals surface area contributed by atoms with Crippen LogP contribution < -0.4 is 5.32 Å². The van der Waals surface area contributed by atoms with Gasteiger partial charge in [-0.15, -0.1) is 0 Å². The Morgan fingerprint density at radius 3 is 2.87 bits per heavy atom. The standard InChI is InChI=1S/C12H19NO2/c1-2-3-7-13-9-12(15)10-5-4-6-11(14)8-10/h4-6,8,12-15H,2-3,7,9H2,1H3. The van der Waals surface area contributed by atoms with Gasteiger partial charge < -0.3 is 15.5 Å². The van der Waals surface area contributed by atoms with E-state index in [2.05, 4.69) is 12.2 Å². The van der Waals surface area contributed by atoms with Crippen LogP contribution in [-0.2, 0) is 0 Å². The second-order valence-corrected chi connectivity index (χ2v) is 3.67. The highest BCUT2D eigenvalue weighted by atomic mass is 16.3. The Morgan fingerprint density at radius 2 is 2.20 bits per heavy atom. The topological polar surface area (TPSA) is 52.5 Å². The maximum absolute atomic E-state index is 9.77. The molecule has 0 aliphatic carbocycles. The van der Waals surface area contributed by atoms with Crippen LogP contribution in [0.3, 0.4) is 0 Å². The molecule has 0 radical (unpaired) electrons. The molecule has 3 nitrogen and oxygen atoms in total. The van der Waals surface area contributed by atoms with E-state index in [-0.39, 0.29) is 5.75 Å². The minimum Gasteiger partial charge on any atom is -0.508 e. The van der Waals surface area contributed by atoms with Crippen LogP contribution in [0.1, 0.15) is 31.4 Å². The lowest BCUT2D eigenvalue weighted by Crippen LogP contribution is -2.22. The van der Waals surface area contributed by atoms with E-state index in [4.69, 9.17) is 0 Å². The summed E-state index contributed by atoms with van der Waals surface area (Å²) in [6, 6.07) is 6.73. The molecule has 3 heteroatoms. The van der Waals surface area contributed by atoms with Crippen molar-refractivity contribution in [2.75, 3.05) is 13.1 Å². The lowest BCUT2D eigenvalue weighted by atomic mass is 10.1. The van der Waals surface area contributed by atoms with Gasteiger partial charge in [-0.3, -0.25) is 0 Å². The minimum absolute atomic E-state index is 0.195. The number of aliphatic hydroxyl groups is 1. The van der Waals surface area contributed by atoms with Gasteiger partial charge in [0.15, 0.2) is 0 Å². The van der Waals surface area contributed by atoms with E-state index in [1.54, 1.807) is 18.2 Å². The number of hydrogen-bond donors (Lipinski definition) is 3. The van der Waals surface area contributed by atoms with Crippen LogP contribution >= 0.6 is 0 Å². The molecular weight excluding hydrogens is 190 g/mol. The van der Waals surface area contributed by atoms with Crippen LogP contribution in [0.25, 0.3) is 0 Å². The number of phenols is 1. The van der Waals surface area contributed by atoms with Crippen molar-refractivity contribution in [1.82, 2.24) is 5.32 Å². The molecule has 0 aliphatic rings. The number of unbranched alkanes of at least 4 members (excludes halogenated alkanes) is 1. The first-order valence-corrected chi connectivity index (χ1v) is 5.41. The Labute approximate surface area is 90.8 Å². The average Bonchev–Trinajstić information content (AvgIpc) is 2.24. The lowest BCUT2D eigenvalue weighted by molar-refractivity contribution is 0.174. The fraction of sp³-hybridized carbons (Fsp3) is 0.500. The predicted molar refractivity (Wildman–Crippen MR) is 60.8 cm³/mol. The van der Waals surface area contributed by atoms with Gasteiger partial charge >= 0.3 is 0 Å². The zero-order valence-corrected chi connectivity index (χ0v) is 9.11. The third-order valence-corrected chi connectivity index (χ3v) is 2.30. The van der Waals surface area contributed by atoms with Crippen molar-refractivity contribution in [2.24, 2.45) is 0 Å². The van der Waals surface area contributed by atoms with Crippen LogP contribution in [0.2, 0.25) is 0 Å². The third kappa shape index (κ3) is 4.32. The van der Waals surface area contributed by atoms with Crippen molar-refractivity contribution in [3.63, 3.8) is 0 Å². The molecular formula is C12H19NO2. The van der Waals surface area contributed by atoms with E-state index in [1.165, 1.54) is 0 Å². The molecule has 1 aromatic rings. The Balaban J connectivity index is 2.36. The Hall–Kier alpha value is -1.06. The molecule has 1 unspecified atom stereocenters. The molecule has 1 rings (SSSR count). The number of hydrogen-bond acceptors (Lipinski definition) is 3. The highest BCUT2D eigenvalue weighted by Crippen LogP contribution is 2.17. The van der Waals surface area contributed by atoms with E-state index in [0.717, 1.165) is 24.9 Å². The first-order valence-electron chi connectivity index (χ1n) is 5.41. The molecule has 1 atom stereocenters. The average molecular weight is 209 g/mol. The molecule has 0 spiro atoms. The van der Waals surface area contributed by atoms with Gasteiger partial charge in [-0.25, -0.2) is 0 Å². The summed E-state index contributed by atoms with van der Waals surface area (Å²) in [6.45, 7) is 3.59. The fourth-order valence-electron chi connectivity index (χ4n) is 1.39. The maximum Gasteiger partial charge on any atom is 0.115 e. The van der Waals surface area contributed by atoms with Crippen molar-refractivity contribution < 1.29 is 10.2 Å². The van der Waals surface area contributed by atoms with Crippen molar-refractivity contribution >= 4 is 0 Å². The zero-order chi connectivity index (χ0) is 11.1. The lowest BCUT2D eigenvalue weighted by Gasteiger charge is -2.12. The summed E-state index contributed by atoms with van der Waals surface area (Å²) < 4.78 is 0. The van der Waals surface area contributed by atoms with Crippen molar-refractivity contribution in [3.8, 4) is 5.75 Å². The quantitative estimate of drug-likeness (QED) is 0.626. The molecule has 84 valence electrons. The van der Waals surface area contributed by atoms with Gasteiger partial charge in [0, 0.05) is 6.54 Å². The molecule has 15 heavy (non-hydrogen) atoms. The van der Waals surface area contributed by atoms with Crippen LogP contribution in [0.4, 0.5) is 0 Å². The number of phenolic OH excluding ortho intramolecular Hbond substituents is 1. The fourth-order valence-corrected chi connectivity index (χ4v) is 1.39. The molecule has 1 aromatic carbocycles. The second-order valence-electron chi connectivity index (χ2n) is 3.67. The summed E-state index contributed by atoms with van der Waals surface area (Å²) in [5, 5.41) is 22.2. The smallest absolute Gasteiger partial charge is 0.115 e. The van der Waals surface area contributed by atoms with Crippen molar-refractivity contribution in [3.05, 3.63) is 29.8 Å². The third-order valence-electron chi connectivity index (χ3n) is 2.30. The van der Waals surface area contributed by atoms with Crippen LogP contribution in [0, 0.1) is 0 Å². The van der Waals surface area contributed by atoms with Gasteiger partial charge in [-0.05, 0) is 30.7 Å². The van der Waals surface area contributed by atoms with Gasteiger partial charge in [-0.2, -0.15) is 0 Å². The first kappa shape index (κ1) is 12.0.